The number of unbranched alkanes of at least 4 members (excludes halogenated alkanes) is 1. The molecule has 0 saturated carbocycles. The van der Waals surface area contributed by atoms with Gasteiger partial charge in [0.15, 0.2) is 0 Å². The Balaban J connectivity index is 3.61. The summed E-state index contributed by atoms with van der Waals surface area (Å²) < 4.78 is 4.93. The third-order valence-electron chi connectivity index (χ3n) is 2.37. The molecule has 96 valence electrons. The van der Waals surface area contributed by atoms with Crippen LogP contribution < -0.4 is 5.73 Å². The SMILES string of the molecule is CCCCSCCCC(C)(N)C(=O)OCC. The van der Waals surface area contributed by atoms with Crippen LogP contribution in [0.15, 0.2) is 0 Å². The lowest BCUT2D eigenvalue weighted by Gasteiger charge is -2.21. The standard InChI is InChI=1S/C12H25NO2S/c1-4-6-9-16-10-7-8-12(3,13)11(14)15-5-2/h4-10,13H2,1-3H3. The van der Waals surface area contributed by atoms with E-state index in [4.69, 9.17) is 10.5 Å². The van der Waals surface area contributed by atoms with Crippen LogP contribution >= 0.6 is 11.8 Å². The van der Waals surface area contributed by atoms with Gasteiger partial charge in [0.2, 0.25) is 0 Å². The average Bonchev–Trinajstić information content (AvgIpc) is 2.23. The lowest BCUT2D eigenvalue weighted by molar-refractivity contribution is -0.149. The molecule has 0 saturated heterocycles. The Kier molecular flexibility index (Phi) is 8.76. The summed E-state index contributed by atoms with van der Waals surface area (Å²) in [6.45, 7) is 6.14. The van der Waals surface area contributed by atoms with Crippen molar-refractivity contribution in [3.63, 3.8) is 0 Å². The molecule has 0 heterocycles. The number of ether oxygens (including phenoxy) is 1. The highest BCUT2D eigenvalue weighted by atomic mass is 32.2. The highest BCUT2D eigenvalue weighted by Crippen LogP contribution is 2.15. The Morgan fingerprint density at radius 3 is 2.50 bits per heavy atom. The van der Waals surface area contributed by atoms with E-state index in [1.807, 2.05) is 11.8 Å². The van der Waals surface area contributed by atoms with Crippen LogP contribution in [0.25, 0.3) is 0 Å². The maximum absolute atomic E-state index is 11.5. The Labute approximate surface area is 103 Å². The Morgan fingerprint density at radius 1 is 1.31 bits per heavy atom. The summed E-state index contributed by atoms with van der Waals surface area (Å²) in [6, 6.07) is 0. The first-order valence-electron chi connectivity index (χ1n) is 6.08. The Bertz CT molecular complexity index is 195. The normalized spacial score (nSPS) is 14.5. The van der Waals surface area contributed by atoms with Gasteiger partial charge in [0, 0.05) is 0 Å². The van der Waals surface area contributed by atoms with E-state index in [1.165, 1.54) is 18.6 Å². The van der Waals surface area contributed by atoms with Crippen molar-refractivity contribution in [2.24, 2.45) is 5.73 Å². The van der Waals surface area contributed by atoms with Gasteiger partial charge in [-0.1, -0.05) is 13.3 Å². The predicted octanol–water partition coefficient (Wildman–Crippen LogP) is 2.58. The molecule has 1 atom stereocenters. The van der Waals surface area contributed by atoms with Crippen molar-refractivity contribution in [3.05, 3.63) is 0 Å². The van der Waals surface area contributed by atoms with Crippen molar-refractivity contribution in [1.29, 1.82) is 0 Å². The van der Waals surface area contributed by atoms with E-state index in [-0.39, 0.29) is 5.97 Å². The molecule has 1 unspecified atom stereocenters. The molecule has 2 N–H and O–H groups in total. The molecule has 3 nitrogen and oxygen atoms in total. The molecule has 16 heavy (non-hydrogen) atoms. The molecular weight excluding hydrogens is 222 g/mol. The minimum Gasteiger partial charge on any atom is -0.465 e. The molecule has 0 aliphatic heterocycles. The predicted molar refractivity (Wildman–Crippen MR) is 70.7 cm³/mol. The molecule has 0 aromatic rings. The first-order chi connectivity index (χ1) is 7.54. The second kappa shape index (κ2) is 8.88. The van der Waals surface area contributed by atoms with E-state index in [1.54, 1.807) is 13.8 Å². The van der Waals surface area contributed by atoms with Crippen molar-refractivity contribution >= 4 is 17.7 Å². The zero-order chi connectivity index (χ0) is 12.4. The van der Waals surface area contributed by atoms with Crippen molar-refractivity contribution in [3.8, 4) is 0 Å². The number of rotatable bonds is 9. The lowest BCUT2D eigenvalue weighted by atomic mass is 9.98. The van der Waals surface area contributed by atoms with Crippen molar-refractivity contribution in [2.45, 2.75) is 52.0 Å². The number of thioether (sulfide) groups is 1. The van der Waals surface area contributed by atoms with Gasteiger partial charge in [-0.2, -0.15) is 11.8 Å². The quantitative estimate of drug-likeness (QED) is 0.502. The molecule has 4 heteroatoms. The van der Waals surface area contributed by atoms with E-state index >= 15 is 0 Å². The number of carbonyl (C=O) groups is 1. The second-order valence-corrected chi connectivity index (χ2v) is 5.43. The topological polar surface area (TPSA) is 52.3 Å². The third kappa shape index (κ3) is 7.12. The summed E-state index contributed by atoms with van der Waals surface area (Å²) in [6.07, 6.45) is 4.18. The minimum atomic E-state index is -0.818. The number of carbonyl (C=O) groups excluding carboxylic acids is 1. The summed E-state index contributed by atoms with van der Waals surface area (Å²) in [7, 11) is 0. The zero-order valence-corrected chi connectivity index (χ0v) is 11.6. The number of nitrogens with two attached hydrogens (primary N) is 1. The van der Waals surface area contributed by atoms with Crippen molar-refractivity contribution in [1.82, 2.24) is 0 Å². The van der Waals surface area contributed by atoms with Gasteiger partial charge >= 0.3 is 5.97 Å². The van der Waals surface area contributed by atoms with Crippen molar-refractivity contribution in [2.75, 3.05) is 18.1 Å². The van der Waals surface area contributed by atoms with E-state index in [9.17, 15) is 4.79 Å². The largest absolute Gasteiger partial charge is 0.465 e. The van der Waals surface area contributed by atoms with Gasteiger partial charge in [0.25, 0.3) is 0 Å². The van der Waals surface area contributed by atoms with Gasteiger partial charge in [0.05, 0.1) is 6.61 Å². The molecule has 0 aromatic carbocycles. The monoisotopic (exact) mass is 247 g/mol. The lowest BCUT2D eigenvalue weighted by Crippen LogP contribution is -2.46. The number of esters is 1. The summed E-state index contributed by atoms with van der Waals surface area (Å²) in [4.78, 5) is 11.5. The van der Waals surface area contributed by atoms with Crippen LogP contribution in [-0.2, 0) is 9.53 Å². The zero-order valence-electron chi connectivity index (χ0n) is 10.8. The minimum absolute atomic E-state index is 0.284. The van der Waals surface area contributed by atoms with E-state index < -0.39 is 5.54 Å². The first-order valence-corrected chi connectivity index (χ1v) is 7.24. The number of hydrogen-bond acceptors (Lipinski definition) is 4. The van der Waals surface area contributed by atoms with E-state index in [2.05, 4.69) is 6.92 Å². The molecule has 0 aromatic heterocycles. The average molecular weight is 247 g/mol. The van der Waals surface area contributed by atoms with Crippen LogP contribution in [0.1, 0.15) is 46.5 Å². The molecule has 0 fully saturated rings. The van der Waals surface area contributed by atoms with Crippen LogP contribution in [-0.4, -0.2) is 29.6 Å². The van der Waals surface area contributed by atoms with E-state index in [0.717, 1.165) is 12.2 Å². The third-order valence-corrected chi connectivity index (χ3v) is 3.52. The van der Waals surface area contributed by atoms with Gasteiger partial charge in [-0.25, -0.2) is 0 Å². The summed E-state index contributed by atoms with van der Waals surface area (Å²) >= 11 is 1.94. The maximum Gasteiger partial charge on any atom is 0.325 e. The molecule has 0 aliphatic rings. The van der Waals surface area contributed by atoms with Crippen LogP contribution in [0.4, 0.5) is 0 Å². The molecule has 0 amide bonds. The van der Waals surface area contributed by atoms with Gasteiger partial charge in [-0.15, -0.1) is 0 Å². The fourth-order valence-corrected chi connectivity index (χ4v) is 2.33. The maximum atomic E-state index is 11.5. The van der Waals surface area contributed by atoms with Gasteiger partial charge in [0.1, 0.15) is 5.54 Å². The van der Waals surface area contributed by atoms with Crippen LogP contribution in [0.2, 0.25) is 0 Å². The summed E-state index contributed by atoms with van der Waals surface area (Å²) in [5.41, 5.74) is 5.09. The molecule has 0 rings (SSSR count). The smallest absolute Gasteiger partial charge is 0.325 e. The highest BCUT2D eigenvalue weighted by molar-refractivity contribution is 7.99. The summed E-state index contributed by atoms with van der Waals surface area (Å²) in [5, 5.41) is 0. The van der Waals surface area contributed by atoms with Gasteiger partial charge < -0.3 is 10.5 Å². The highest BCUT2D eigenvalue weighted by Gasteiger charge is 2.28. The van der Waals surface area contributed by atoms with Crippen LogP contribution in [0.3, 0.4) is 0 Å². The Morgan fingerprint density at radius 2 is 1.94 bits per heavy atom. The number of hydrogen-bond donors (Lipinski definition) is 1. The van der Waals surface area contributed by atoms with Gasteiger partial charge in [-0.3, -0.25) is 4.79 Å². The first kappa shape index (κ1) is 15.8. The second-order valence-electron chi connectivity index (χ2n) is 4.21. The molecule has 0 spiro atoms. The van der Waals surface area contributed by atoms with Crippen LogP contribution in [0.5, 0.6) is 0 Å². The fraction of sp³-hybridized carbons (Fsp3) is 0.917. The molecular formula is C12H25NO2S. The Hall–Kier alpha value is -0.220. The van der Waals surface area contributed by atoms with E-state index in [0.29, 0.717) is 13.0 Å². The summed E-state index contributed by atoms with van der Waals surface area (Å²) in [5.74, 6) is 2.00. The van der Waals surface area contributed by atoms with Crippen molar-refractivity contribution < 1.29 is 9.53 Å². The molecule has 0 bridgehead atoms. The van der Waals surface area contributed by atoms with Gasteiger partial charge in [-0.05, 0) is 44.6 Å². The van der Waals surface area contributed by atoms with Crippen LogP contribution in [0, 0.1) is 0 Å². The fourth-order valence-electron chi connectivity index (χ4n) is 1.29. The molecule has 0 radical (unpaired) electrons. The molecule has 0 aliphatic carbocycles.